The van der Waals surface area contributed by atoms with Crippen LogP contribution in [-0.2, 0) is 11.6 Å². The van der Waals surface area contributed by atoms with E-state index in [1.54, 1.807) is 13.0 Å². The first kappa shape index (κ1) is 16.6. The molecule has 1 aliphatic rings. The second-order valence-electron chi connectivity index (χ2n) is 5.77. The van der Waals surface area contributed by atoms with E-state index >= 15 is 0 Å². The Balaban J connectivity index is 2.01. The van der Waals surface area contributed by atoms with Gasteiger partial charge in [-0.15, -0.1) is 0 Å². The van der Waals surface area contributed by atoms with E-state index in [9.17, 15) is 18.0 Å². The lowest BCUT2D eigenvalue weighted by molar-refractivity contribution is -0.137. The standard InChI is InChI=1S/C15H19F3N2O2/c1-10(8-21)20-13(22)19-9-14(5-6-14)11-3-2-4-12(7-11)15(16,17)18/h2-4,7,10,21H,5-6,8-9H2,1H3,(H2,19,20,22). The molecule has 1 saturated carbocycles. The molecule has 1 aliphatic carbocycles. The molecule has 0 spiro atoms. The van der Waals surface area contributed by atoms with Gasteiger partial charge in [0.25, 0.3) is 0 Å². The summed E-state index contributed by atoms with van der Waals surface area (Å²) in [5, 5.41) is 14.1. The second-order valence-corrected chi connectivity index (χ2v) is 5.77. The highest BCUT2D eigenvalue weighted by Crippen LogP contribution is 2.48. The molecule has 1 aromatic carbocycles. The SMILES string of the molecule is CC(CO)NC(=O)NCC1(c2cccc(C(F)(F)F)c2)CC1. The van der Waals surface area contributed by atoms with Gasteiger partial charge in [-0.2, -0.15) is 13.2 Å². The normalized spacial score (nSPS) is 17.7. The van der Waals surface area contributed by atoms with Crippen molar-refractivity contribution in [1.29, 1.82) is 0 Å². The summed E-state index contributed by atoms with van der Waals surface area (Å²) in [6, 6.07) is 4.46. The van der Waals surface area contributed by atoms with Gasteiger partial charge in [0.1, 0.15) is 0 Å². The van der Waals surface area contributed by atoms with Crippen LogP contribution in [0.1, 0.15) is 30.9 Å². The molecule has 0 heterocycles. The van der Waals surface area contributed by atoms with Crippen LogP contribution in [-0.4, -0.2) is 30.3 Å². The molecular formula is C15H19F3N2O2. The van der Waals surface area contributed by atoms with Gasteiger partial charge < -0.3 is 15.7 Å². The van der Waals surface area contributed by atoms with E-state index in [0.29, 0.717) is 5.56 Å². The Labute approximate surface area is 126 Å². The van der Waals surface area contributed by atoms with Crippen LogP contribution in [0.2, 0.25) is 0 Å². The number of carbonyl (C=O) groups excluding carboxylic acids is 1. The molecule has 22 heavy (non-hydrogen) atoms. The molecule has 1 aromatic rings. The first-order chi connectivity index (χ1) is 10.3. The first-order valence-electron chi connectivity index (χ1n) is 7.10. The van der Waals surface area contributed by atoms with Crippen LogP contribution in [0, 0.1) is 0 Å². The van der Waals surface area contributed by atoms with Crippen molar-refractivity contribution in [2.45, 2.75) is 37.4 Å². The third-order valence-electron chi connectivity index (χ3n) is 3.89. The minimum Gasteiger partial charge on any atom is -0.394 e. The van der Waals surface area contributed by atoms with Crippen molar-refractivity contribution in [3.8, 4) is 0 Å². The number of amides is 2. The summed E-state index contributed by atoms with van der Waals surface area (Å²) in [6.45, 7) is 1.75. The number of hydrogen-bond donors (Lipinski definition) is 3. The minimum atomic E-state index is -4.37. The molecule has 0 radical (unpaired) electrons. The summed E-state index contributed by atoms with van der Waals surface area (Å²) in [4.78, 5) is 11.6. The number of aliphatic hydroxyl groups excluding tert-OH is 1. The van der Waals surface area contributed by atoms with E-state index in [1.165, 1.54) is 6.07 Å². The highest BCUT2D eigenvalue weighted by Gasteiger charge is 2.45. The lowest BCUT2D eigenvalue weighted by atomic mass is 9.94. The van der Waals surface area contributed by atoms with Crippen LogP contribution in [0.5, 0.6) is 0 Å². The Kier molecular flexibility index (Phi) is 4.65. The number of halogens is 3. The Morgan fingerprint density at radius 3 is 2.64 bits per heavy atom. The van der Waals surface area contributed by atoms with Crippen LogP contribution in [0.15, 0.2) is 24.3 Å². The third kappa shape index (κ3) is 3.91. The van der Waals surface area contributed by atoms with Crippen LogP contribution < -0.4 is 10.6 Å². The van der Waals surface area contributed by atoms with E-state index in [-0.39, 0.29) is 19.2 Å². The lowest BCUT2D eigenvalue weighted by Crippen LogP contribution is -2.44. The molecule has 2 rings (SSSR count). The van der Waals surface area contributed by atoms with E-state index in [1.807, 2.05) is 0 Å². The predicted molar refractivity (Wildman–Crippen MR) is 75.4 cm³/mol. The van der Waals surface area contributed by atoms with Gasteiger partial charge in [-0.25, -0.2) is 4.79 Å². The molecule has 0 saturated heterocycles. The molecule has 3 N–H and O–H groups in total. The number of alkyl halides is 3. The number of hydrogen-bond acceptors (Lipinski definition) is 2. The maximum absolute atomic E-state index is 12.8. The van der Waals surface area contributed by atoms with Crippen molar-refractivity contribution < 1.29 is 23.1 Å². The summed E-state index contributed by atoms with van der Waals surface area (Å²) < 4.78 is 38.3. The van der Waals surface area contributed by atoms with E-state index < -0.39 is 23.2 Å². The number of urea groups is 1. The Morgan fingerprint density at radius 2 is 2.09 bits per heavy atom. The van der Waals surface area contributed by atoms with Crippen molar-refractivity contribution in [2.24, 2.45) is 0 Å². The molecular weight excluding hydrogens is 297 g/mol. The average Bonchev–Trinajstić information content (AvgIpc) is 3.25. The largest absolute Gasteiger partial charge is 0.416 e. The summed E-state index contributed by atoms with van der Waals surface area (Å²) >= 11 is 0. The van der Waals surface area contributed by atoms with E-state index in [4.69, 9.17) is 5.11 Å². The zero-order chi connectivity index (χ0) is 16.4. The maximum Gasteiger partial charge on any atom is 0.416 e. The molecule has 1 fully saturated rings. The molecule has 0 bridgehead atoms. The Morgan fingerprint density at radius 1 is 1.41 bits per heavy atom. The molecule has 1 unspecified atom stereocenters. The lowest BCUT2D eigenvalue weighted by Gasteiger charge is -2.19. The molecule has 2 amide bonds. The molecule has 7 heteroatoms. The Hall–Kier alpha value is -1.76. The van der Waals surface area contributed by atoms with E-state index in [0.717, 1.165) is 25.0 Å². The highest BCUT2D eigenvalue weighted by molar-refractivity contribution is 5.74. The van der Waals surface area contributed by atoms with Crippen molar-refractivity contribution in [3.05, 3.63) is 35.4 Å². The van der Waals surface area contributed by atoms with Gasteiger partial charge in [0.2, 0.25) is 0 Å². The molecule has 0 aliphatic heterocycles. The third-order valence-corrected chi connectivity index (χ3v) is 3.89. The number of rotatable bonds is 5. The van der Waals surface area contributed by atoms with Crippen LogP contribution in [0.25, 0.3) is 0 Å². The topological polar surface area (TPSA) is 61.4 Å². The fourth-order valence-corrected chi connectivity index (χ4v) is 2.31. The molecule has 1 atom stereocenters. The smallest absolute Gasteiger partial charge is 0.394 e. The van der Waals surface area contributed by atoms with Crippen LogP contribution >= 0.6 is 0 Å². The summed E-state index contributed by atoms with van der Waals surface area (Å²) in [7, 11) is 0. The summed E-state index contributed by atoms with van der Waals surface area (Å²) in [6.07, 6.45) is -2.89. The zero-order valence-corrected chi connectivity index (χ0v) is 12.2. The molecule has 4 nitrogen and oxygen atoms in total. The fraction of sp³-hybridized carbons (Fsp3) is 0.533. The average molecular weight is 316 g/mol. The first-order valence-corrected chi connectivity index (χ1v) is 7.10. The van der Waals surface area contributed by atoms with Gasteiger partial charge in [0, 0.05) is 12.0 Å². The van der Waals surface area contributed by atoms with Crippen molar-refractivity contribution in [3.63, 3.8) is 0 Å². The van der Waals surface area contributed by atoms with Gasteiger partial charge >= 0.3 is 12.2 Å². The van der Waals surface area contributed by atoms with Gasteiger partial charge in [-0.1, -0.05) is 18.2 Å². The van der Waals surface area contributed by atoms with Gasteiger partial charge in [0.15, 0.2) is 0 Å². The number of aliphatic hydroxyl groups is 1. The quantitative estimate of drug-likeness (QED) is 0.781. The number of benzene rings is 1. The van der Waals surface area contributed by atoms with Gasteiger partial charge in [0.05, 0.1) is 18.2 Å². The molecule has 0 aromatic heterocycles. The van der Waals surface area contributed by atoms with Crippen LogP contribution in [0.3, 0.4) is 0 Å². The number of carbonyl (C=O) groups is 1. The van der Waals surface area contributed by atoms with Gasteiger partial charge in [-0.05, 0) is 31.4 Å². The Bertz CT molecular complexity index is 542. The summed E-state index contributed by atoms with van der Waals surface area (Å²) in [5.41, 5.74) is -0.492. The van der Waals surface area contributed by atoms with Crippen molar-refractivity contribution >= 4 is 6.03 Å². The maximum atomic E-state index is 12.8. The fourth-order valence-electron chi connectivity index (χ4n) is 2.31. The zero-order valence-electron chi connectivity index (χ0n) is 12.2. The molecule has 122 valence electrons. The number of nitrogens with one attached hydrogen (secondary N) is 2. The predicted octanol–water partition coefficient (Wildman–Crippen LogP) is 2.42. The monoisotopic (exact) mass is 316 g/mol. The van der Waals surface area contributed by atoms with Gasteiger partial charge in [-0.3, -0.25) is 0 Å². The van der Waals surface area contributed by atoms with Crippen molar-refractivity contribution in [1.82, 2.24) is 10.6 Å². The van der Waals surface area contributed by atoms with E-state index in [2.05, 4.69) is 10.6 Å². The second kappa shape index (κ2) is 6.16. The minimum absolute atomic E-state index is 0.174. The van der Waals surface area contributed by atoms with Crippen LogP contribution in [0.4, 0.5) is 18.0 Å². The summed E-state index contributed by atoms with van der Waals surface area (Å²) in [5.74, 6) is 0. The highest BCUT2D eigenvalue weighted by atomic mass is 19.4. The van der Waals surface area contributed by atoms with Crippen molar-refractivity contribution in [2.75, 3.05) is 13.2 Å².